The molecule has 0 heterocycles. The molecule has 0 aliphatic carbocycles. The lowest BCUT2D eigenvalue weighted by molar-refractivity contribution is -0.870. The van der Waals surface area contributed by atoms with Crippen molar-refractivity contribution in [1.29, 1.82) is 0 Å². The molecule has 0 saturated carbocycles. The second-order valence-electron chi connectivity index (χ2n) is 21.4. The first-order valence-corrected chi connectivity index (χ1v) is 30.8. The number of likely N-dealkylation sites (N-methyl/N-ethyl adjacent to an activating group) is 1. The number of nitrogens with one attached hydrogen (secondary N) is 1. The van der Waals surface area contributed by atoms with Gasteiger partial charge in [0, 0.05) is 6.42 Å². The van der Waals surface area contributed by atoms with Crippen LogP contribution in [0, 0.1) is 0 Å². The Balaban J connectivity index is 3.64. The third-order valence-corrected chi connectivity index (χ3v) is 14.3. The molecule has 0 fully saturated rings. The van der Waals surface area contributed by atoms with E-state index in [1.807, 2.05) is 21.1 Å². The van der Waals surface area contributed by atoms with Crippen LogP contribution in [0.4, 0.5) is 0 Å². The van der Waals surface area contributed by atoms with Crippen LogP contribution in [-0.2, 0) is 18.4 Å². The fourth-order valence-electron chi connectivity index (χ4n) is 8.76. The van der Waals surface area contributed by atoms with Gasteiger partial charge in [-0.1, -0.05) is 262 Å². The normalized spacial score (nSPS) is 14.2. The van der Waals surface area contributed by atoms with E-state index >= 15 is 0 Å². The average molecular weight is 980 g/mol. The Hall–Kier alpha value is -1.28. The fourth-order valence-corrected chi connectivity index (χ4v) is 9.48. The largest absolute Gasteiger partial charge is 0.756 e. The van der Waals surface area contributed by atoms with E-state index < -0.39 is 20.0 Å². The Morgan fingerprint density at radius 2 is 0.853 bits per heavy atom. The minimum Gasteiger partial charge on any atom is -0.756 e. The summed E-state index contributed by atoms with van der Waals surface area (Å²) in [4.78, 5) is 25.2. The van der Waals surface area contributed by atoms with E-state index in [-0.39, 0.29) is 19.1 Å². The van der Waals surface area contributed by atoms with E-state index in [2.05, 4.69) is 55.6 Å². The highest BCUT2D eigenvalue weighted by Crippen LogP contribution is 2.38. The van der Waals surface area contributed by atoms with Crippen molar-refractivity contribution >= 4 is 13.7 Å². The first kappa shape index (κ1) is 66.7. The van der Waals surface area contributed by atoms with Gasteiger partial charge < -0.3 is 28.8 Å². The molecule has 8 nitrogen and oxygen atoms in total. The lowest BCUT2D eigenvalue weighted by atomic mass is 10.0. The van der Waals surface area contributed by atoms with Gasteiger partial charge in [0.15, 0.2) is 0 Å². The number of carbonyl (C=O) groups is 1. The van der Waals surface area contributed by atoms with E-state index in [0.29, 0.717) is 23.9 Å². The van der Waals surface area contributed by atoms with Crippen molar-refractivity contribution in [3.8, 4) is 0 Å². The van der Waals surface area contributed by atoms with E-state index in [1.54, 1.807) is 0 Å². The van der Waals surface area contributed by atoms with Crippen molar-refractivity contribution in [2.24, 2.45) is 0 Å². The molecule has 0 radical (unpaired) electrons. The second-order valence-corrected chi connectivity index (χ2v) is 22.8. The number of allylic oxidation sites excluding steroid dienone is 6. The molecule has 0 aliphatic rings. The molecule has 3 atom stereocenters. The lowest BCUT2D eigenvalue weighted by Crippen LogP contribution is -2.46. The van der Waals surface area contributed by atoms with Crippen LogP contribution >= 0.6 is 7.82 Å². The van der Waals surface area contributed by atoms with Crippen LogP contribution in [-0.4, -0.2) is 68.5 Å². The summed E-state index contributed by atoms with van der Waals surface area (Å²) in [6, 6.07) is -0.794. The van der Waals surface area contributed by atoms with E-state index in [1.165, 1.54) is 193 Å². The number of carbonyl (C=O) groups excluding carboxylic acids is 1. The maximum absolute atomic E-state index is 12.8. The number of unbranched alkanes of at least 4 members (excludes halogenated alkanes) is 35. The third kappa shape index (κ3) is 52.5. The van der Waals surface area contributed by atoms with Crippen LogP contribution < -0.4 is 10.2 Å². The van der Waals surface area contributed by atoms with Crippen molar-refractivity contribution in [3.63, 3.8) is 0 Å². The zero-order valence-electron chi connectivity index (χ0n) is 45.8. The Morgan fingerprint density at radius 1 is 0.515 bits per heavy atom. The third-order valence-electron chi connectivity index (χ3n) is 13.4. The molecule has 1 amide bonds. The molecule has 9 heteroatoms. The van der Waals surface area contributed by atoms with Crippen LogP contribution in [0.3, 0.4) is 0 Å². The number of phosphoric acid groups is 1. The Morgan fingerprint density at radius 3 is 1.24 bits per heavy atom. The summed E-state index contributed by atoms with van der Waals surface area (Å²) in [5, 5.41) is 13.7. The highest BCUT2D eigenvalue weighted by atomic mass is 31.2. The molecule has 3 unspecified atom stereocenters. The van der Waals surface area contributed by atoms with Crippen LogP contribution in [0.5, 0.6) is 0 Å². The number of aliphatic hydroxyl groups excluding tert-OH is 1. The predicted octanol–water partition coefficient (Wildman–Crippen LogP) is 17.1. The molecule has 0 spiro atoms. The second kappa shape index (κ2) is 50.7. The highest BCUT2D eigenvalue weighted by Gasteiger charge is 2.24. The summed E-state index contributed by atoms with van der Waals surface area (Å²) in [6.45, 7) is 4.63. The number of quaternary nitrogens is 1. The van der Waals surface area contributed by atoms with Crippen LogP contribution in [0.25, 0.3) is 0 Å². The average Bonchev–Trinajstić information content (AvgIpc) is 3.30. The van der Waals surface area contributed by atoms with E-state index in [4.69, 9.17) is 9.05 Å². The van der Waals surface area contributed by atoms with Gasteiger partial charge in [-0.05, 0) is 51.4 Å². The zero-order chi connectivity index (χ0) is 49.9. The summed E-state index contributed by atoms with van der Waals surface area (Å²) in [5.41, 5.74) is 0. The molecule has 0 aromatic rings. The Bertz CT molecular complexity index is 1200. The van der Waals surface area contributed by atoms with Crippen LogP contribution in [0.15, 0.2) is 36.5 Å². The van der Waals surface area contributed by atoms with Crippen molar-refractivity contribution in [2.75, 3.05) is 40.9 Å². The Kier molecular flexibility index (Phi) is 49.7. The maximum Gasteiger partial charge on any atom is 0.268 e. The van der Waals surface area contributed by atoms with Gasteiger partial charge in [-0.15, -0.1) is 0 Å². The summed E-state index contributed by atoms with van der Waals surface area (Å²) in [7, 11) is 1.31. The van der Waals surface area contributed by atoms with Gasteiger partial charge in [0.2, 0.25) is 5.91 Å². The molecule has 0 bridgehead atoms. The number of amides is 1. The molecule has 0 rings (SSSR count). The molecule has 0 saturated heterocycles. The van der Waals surface area contributed by atoms with Gasteiger partial charge >= 0.3 is 0 Å². The van der Waals surface area contributed by atoms with Crippen LogP contribution in [0.1, 0.15) is 284 Å². The van der Waals surface area contributed by atoms with Crippen molar-refractivity contribution in [3.05, 3.63) is 36.5 Å². The number of hydrogen-bond donors (Lipinski definition) is 2. The minimum atomic E-state index is -4.55. The maximum atomic E-state index is 12.8. The molecule has 0 aromatic heterocycles. The van der Waals surface area contributed by atoms with E-state index in [0.717, 1.165) is 64.2 Å². The van der Waals surface area contributed by atoms with E-state index in [9.17, 15) is 19.4 Å². The molecule has 0 aliphatic heterocycles. The lowest BCUT2D eigenvalue weighted by Gasteiger charge is -2.30. The standard InChI is InChI=1S/C59H115N2O6P/c1-6-8-10-12-13-14-15-16-17-18-19-20-21-22-23-24-25-26-27-28-29-30-31-32-33-34-35-36-37-38-39-40-41-42-43-44-45-46-47-49-51-53-59(63)60-57(58(62)52-50-48-11-9-7-2)56-67-68(64,65)66-55-54-61(3,4)5/h15-16,18-19,21-22,57-58,62H,6-14,17,20,23-56H2,1-5H3,(H-,60,63,64,65)/b16-15-,19-18-,22-21-. The van der Waals surface area contributed by atoms with Gasteiger partial charge in [-0.2, -0.15) is 0 Å². The number of nitrogens with zero attached hydrogens (tertiary/aromatic N) is 1. The molecule has 0 aromatic carbocycles. The Labute approximate surface area is 423 Å². The van der Waals surface area contributed by atoms with Crippen molar-refractivity contribution in [2.45, 2.75) is 296 Å². The first-order valence-electron chi connectivity index (χ1n) is 29.3. The summed E-state index contributed by atoms with van der Waals surface area (Å²) >= 11 is 0. The number of phosphoric ester groups is 1. The summed E-state index contributed by atoms with van der Waals surface area (Å²) < 4.78 is 23.1. The first-order chi connectivity index (χ1) is 33.0. The minimum absolute atomic E-state index is 0.0131. The SMILES string of the molecule is CCCCCCC/C=C\C/C=C\C/C=C\CCCCCCCCCCCCCCCCCCCCCCCCCCCCC(=O)NC(COP(=O)([O-])OCC[N+](C)(C)C)C(O)CCCCCCC. The number of hydrogen-bond acceptors (Lipinski definition) is 6. The van der Waals surface area contributed by atoms with Gasteiger partial charge in [-0.25, -0.2) is 0 Å². The van der Waals surface area contributed by atoms with Gasteiger partial charge in [-0.3, -0.25) is 9.36 Å². The molecular weight excluding hydrogens is 864 g/mol. The molecule has 402 valence electrons. The summed E-state index contributed by atoms with van der Waals surface area (Å²) in [6.07, 6.45) is 65.6. The summed E-state index contributed by atoms with van der Waals surface area (Å²) in [5.74, 6) is -0.167. The van der Waals surface area contributed by atoms with Gasteiger partial charge in [0.25, 0.3) is 7.82 Å². The monoisotopic (exact) mass is 979 g/mol. The van der Waals surface area contributed by atoms with Gasteiger partial charge in [0.1, 0.15) is 13.2 Å². The zero-order valence-corrected chi connectivity index (χ0v) is 46.7. The highest BCUT2D eigenvalue weighted by molar-refractivity contribution is 7.45. The number of rotatable bonds is 54. The predicted molar refractivity (Wildman–Crippen MR) is 293 cm³/mol. The molecule has 2 N–H and O–H groups in total. The smallest absolute Gasteiger partial charge is 0.268 e. The molecule has 68 heavy (non-hydrogen) atoms. The fraction of sp³-hybridized carbons (Fsp3) is 0.881. The molecular formula is C59H115N2O6P. The van der Waals surface area contributed by atoms with Crippen molar-refractivity contribution < 1.29 is 32.9 Å². The van der Waals surface area contributed by atoms with Crippen molar-refractivity contribution in [1.82, 2.24) is 5.32 Å². The quantitative estimate of drug-likeness (QED) is 0.0272. The number of aliphatic hydroxyl groups is 1. The topological polar surface area (TPSA) is 108 Å². The van der Waals surface area contributed by atoms with Gasteiger partial charge in [0.05, 0.1) is 39.9 Å². The van der Waals surface area contributed by atoms with Crippen LogP contribution in [0.2, 0.25) is 0 Å².